The number of benzene rings is 1. The molecule has 0 radical (unpaired) electrons. The Hall–Kier alpha value is -1.49. The van der Waals surface area contributed by atoms with Gasteiger partial charge >= 0.3 is 0 Å². The average Bonchev–Trinajstić information content (AvgIpc) is 2.77. The normalized spacial score (nSPS) is 14.8. The van der Waals surface area contributed by atoms with E-state index in [1.165, 1.54) is 18.7 Å². The van der Waals surface area contributed by atoms with Gasteiger partial charge in [0.2, 0.25) is 0 Å². The van der Waals surface area contributed by atoms with Crippen LogP contribution < -0.4 is 4.74 Å². The predicted octanol–water partition coefficient (Wildman–Crippen LogP) is 2.96. The van der Waals surface area contributed by atoms with Gasteiger partial charge in [0.15, 0.2) is 5.78 Å². The summed E-state index contributed by atoms with van der Waals surface area (Å²) in [4.78, 5) is 24.9. The van der Waals surface area contributed by atoms with E-state index in [0.29, 0.717) is 18.7 Å². The molecule has 1 saturated heterocycles. The standard InChI is InChI=1S/C14H17NO3S/c1-3-18-13-5-4-11(10(2)16)8-12(13)9-15-6-7-19-14(15)17/h4-5,8H,3,6-7,9H2,1-2H3. The van der Waals surface area contributed by atoms with Gasteiger partial charge in [0, 0.05) is 23.4 Å². The first kappa shape index (κ1) is 13.9. The van der Waals surface area contributed by atoms with E-state index in [1.54, 1.807) is 11.0 Å². The summed E-state index contributed by atoms with van der Waals surface area (Å²) in [5, 5.41) is 0.0932. The highest BCUT2D eigenvalue weighted by atomic mass is 32.2. The number of amides is 1. The molecule has 1 heterocycles. The van der Waals surface area contributed by atoms with Crippen molar-refractivity contribution in [2.45, 2.75) is 20.4 Å². The fourth-order valence-corrected chi connectivity index (χ4v) is 2.82. The smallest absolute Gasteiger partial charge is 0.282 e. The summed E-state index contributed by atoms with van der Waals surface area (Å²) in [5.74, 6) is 1.60. The number of thioether (sulfide) groups is 1. The second-order valence-corrected chi connectivity index (χ2v) is 5.39. The number of nitrogens with zero attached hydrogens (tertiary/aromatic N) is 1. The molecule has 0 aromatic heterocycles. The van der Waals surface area contributed by atoms with Crippen molar-refractivity contribution in [2.24, 2.45) is 0 Å². The van der Waals surface area contributed by atoms with Crippen molar-refractivity contribution in [3.63, 3.8) is 0 Å². The SMILES string of the molecule is CCOc1ccc(C(C)=O)cc1CN1CCSC1=O. The van der Waals surface area contributed by atoms with Crippen molar-refractivity contribution in [1.82, 2.24) is 4.90 Å². The van der Waals surface area contributed by atoms with Gasteiger partial charge in [-0.2, -0.15) is 0 Å². The fraction of sp³-hybridized carbons (Fsp3) is 0.429. The highest BCUT2D eigenvalue weighted by Crippen LogP contribution is 2.26. The Labute approximate surface area is 117 Å². The zero-order chi connectivity index (χ0) is 13.8. The van der Waals surface area contributed by atoms with Crippen molar-refractivity contribution in [3.05, 3.63) is 29.3 Å². The number of carbonyl (C=O) groups is 2. The van der Waals surface area contributed by atoms with E-state index in [9.17, 15) is 9.59 Å². The Morgan fingerprint density at radius 1 is 1.47 bits per heavy atom. The molecule has 19 heavy (non-hydrogen) atoms. The lowest BCUT2D eigenvalue weighted by atomic mass is 10.1. The minimum Gasteiger partial charge on any atom is -0.494 e. The van der Waals surface area contributed by atoms with Crippen LogP contribution >= 0.6 is 11.8 Å². The molecule has 1 amide bonds. The van der Waals surface area contributed by atoms with Crippen molar-refractivity contribution in [2.75, 3.05) is 18.9 Å². The van der Waals surface area contributed by atoms with E-state index < -0.39 is 0 Å². The molecule has 1 aliphatic rings. The third-order valence-electron chi connectivity index (χ3n) is 2.97. The third-order valence-corrected chi connectivity index (χ3v) is 3.86. The molecule has 0 bridgehead atoms. The Morgan fingerprint density at radius 2 is 2.26 bits per heavy atom. The van der Waals surface area contributed by atoms with E-state index in [1.807, 2.05) is 19.1 Å². The summed E-state index contributed by atoms with van der Waals surface area (Å²) in [6.07, 6.45) is 0. The molecule has 102 valence electrons. The number of hydrogen-bond acceptors (Lipinski definition) is 4. The lowest BCUT2D eigenvalue weighted by molar-refractivity contribution is 0.101. The van der Waals surface area contributed by atoms with E-state index >= 15 is 0 Å². The summed E-state index contributed by atoms with van der Waals surface area (Å²) in [6, 6.07) is 5.39. The van der Waals surface area contributed by atoms with Crippen molar-refractivity contribution in [1.29, 1.82) is 0 Å². The monoisotopic (exact) mass is 279 g/mol. The molecule has 1 aromatic carbocycles. The van der Waals surface area contributed by atoms with Crippen LogP contribution in [0.3, 0.4) is 0 Å². The van der Waals surface area contributed by atoms with Gasteiger partial charge in [-0.1, -0.05) is 11.8 Å². The molecule has 0 atom stereocenters. The molecule has 0 unspecified atom stereocenters. The maximum Gasteiger partial charge on any atom is 0.282 e. The molecule has 5 heteroatoms. The Bertz CT molecular complexity index is 501. The molecule has 1 aromatic rings. The van der Waals surface area contributed by atoms with E-state index in [2.05, 4.69) is 0 Å². The number of ketones is 1. The fourth-order valence-electron chi connectivity index (χ4n) is 1.99. The van der Waals surface area contributed by atoms with Gasteiger partial charge in [0.05, 0.1) is 13.2 Å². The van der Waals surface area contributed by atoms with Crippen LogP contribution in [0.4, 0.5) is 4.79 Å². The highest BCUT2D eigenvalue weighted by Gasteiger charge is 2.22. The molecule has 0 aliphatic carbocycles. The van der Waals surface area contributed by atoms with Crippen LogP contribution in [0, 0.1) is 0 Å². The number of ether oxygens (including phenoxy) is 1. The first-order valence-corrected chi connectivity index (χ1v) is 7.28. The molecular formula is C14H17NO3S. The quantitative estimate of drug-likeness (QED) is 0.777. The first-order chi connectivity index (χ1) is 9.11. The minimum absolute atomic E-state index is 0.0198. The van der Waals surface area contributed by atoms with Crippen molar-refractivity contribution in [3.8, 4) is 5.75 Å². The maximum absolute atomic E-state index is 11.6. The summed E-state index contributed by atoms with van der Waals surface area (Å²) in [6.45, 7) is 5.27. The second kappa shape index (κ2) is 6.10. The summed E-state index contributed by atoms with van der Waals surface area (Å²) in [7, 11) is 0. The Morgan fingerprint density at radius 3 is 2.84 bits per heavy atom. The van der Waals surface area contributed by atoms with Gasteiger partial charge in [-0.25, -0.2) is 0 Å². The minimum atomic E-state index is 0.0198. The van der Waals surface area contributed by atoms with Crippen LogP contribution in [-0.2, 0) is 6.54 Å². The van der Waals surface area contributed by atoms with Gasteiger partial charge in [-0.15, -0.1) is 0 Å². The molecule has 2 rings (SSSR count). The molecule has 0 spiro atoms. The molecule has 0 saturated carbocycles. The maximum atomic E-state index is 11.6. The molecular weight excluding hydrogens is 262 g/mol. The Kier molecular flexibility index (Phi) is 4.47. The van der Waals surface area contributed by atoms with E-state index in [-0.39, 0.29) is 11.0 Å². The van der Waals surface area contributed by atoms with Gasteiger partial charge < -0.3 is 9.64 Å². The predicted molar refractivity (Wildman–Crippen MR) is 75.9 cm³/mol. The molecule has 4 nitrogen and oxygen atoms in total. The van der Waals surface area contributed by atoms with Gasteiger partial charge in [0.25, 0.3) is 5.24 Å². The number of rotatable bonds is 5. The van der Waals surface area contributed by atoms with Crippen LogP contribution in [0.2, 0.25) is 0 Å². The lowest BCUT2D eigenvalue weighted by Crippen LogP contribution is -2.23. The summed E-state index contributed by atoms with van der Waals surface area (Å²) >= 11 is 1.33. The first-order valence-electron chi connectivity index (χ1n) is 6.30. The van der Waals surface area contributed by atoms with Crippen LogP contribution in [0.1, 0.15) is 29.8 Å². The molecule has 1 aliphatic heterocycles. The zero-order valence-corrected chi connectivity index (χ0v) is 12.0. The van der Waals surface area contributed by atoms with Crippen LogP contribution in [-0.4, -0.2) is 34.8 Å². The molecule has 1 fully saturated rings. The zero-order valence-electron chi connectivity index (χ0n) is 11.1. The topological polar surface area (TPSA) is 46.6 Å². The highest BCUT2D eigenvalue weighted by molar-refractivity contribution is 8.13. The van der Waals surface area contributed by atoms with Gasteiger partial charge in [-0.05, 0) is 32.0 Å². The summed E-state index contributed by atoms with van der Waals surface area (Å²) in [5.41, 5.74) is 1.54. The van der Waals surface area contributed by atoms with Gasteiger partial charge in [0.1, 0.15) is 5.75 Å². The lowest BCUT2D eigenvalue weighted by Gasteiger charge is -2.18. The van der Waals surface area contributed by atoms with Crippen molar-refractivity contribution < 1.29 is 14.3 Å². The van der Waals surface area contributed by atoms with Crippen molar-refractivity contribution >= 4 is 22.8 Å². The second-order valence-electron chi connectivity index (χ2n) is 4.35. The Balaban J connectivity index is 2.26. The number of carbonyl (C=O) groups excluding carboxylic acids is 2. The van der Waals surface area contributed by atoms with Gasteiger partial charge in [-0.3, -0.25) is 9.59 Å². The molecule has 0 N–H and O–H groups in total. The summed E-state index contributed by atoms with van der Waals surface area (Å²) < 4.78 is 5.56. The number of hydrogen-bond donors (Lipinski definition) is 0. The van der Waals surface area contributed by atoms with E-state index in [0.717, 1.165) is 23.6 Å². The van der Waals surface area contributed by atoms with Crippen LogP contribution in [0.15, 0.2) is 18.2 Å². The average molecular weight is 279 g/mol. The largest absolute Gasteiger partial charge is 0.494 e. The van der Waals surface area contributed by atoms with Crippen LogP contribution in [0.25, 0.3) is 0 Å². The van der Waals surface area contributed by atoms with E-state index in [4.69, 9.17) is 4.74 Å². The third kappa shape index (κ3) is 3.29. The van der Waals surface area contributed by atoms with Crippen LogP contribution in [0.5, 0.6) is 5.75 Å². The number of Topliss-reactive ketones (excluding diaryl/α,β-unsaturated/α-hetero) is 1.